The molecule has 5 rings (SSSR count). The van der Waals surface area contributed by atoms with Crippen molar-refractivity contribution >= 4 is 28.9 Å². The topological polar surface area (TPSA) is 71.3 Å². The lowest BCUT2D eigenvalue weighted by Crippen LogP contribution is -2.46. The van der Waals surface area contributed by atoms with Gasteiger partial charge in [0.15, 0.2) is 11.6 Å². The van der Waals surface area contributed by atoms with Crippen LogP contribution in [0.15, 0.2) is 77.0 Å². The van der Waals surface area contributed by atoms with E-state index >= 15 is 0 Å². The first-order chi connectivity index (χ1) is 16.8. The monoisotopic (exact) mass is 496 g/mol. The van der Waals surface area contributed by atoms with Gasteiger partial charge in [0.1, 0.15) is 5.82 Å². The molecule has 0 bridgehead atoms. The van der Waals surface area contributed by atoms with Crippen LogP contribution in [0.1, 0.15) is 24.4 Å². The molecule has 1 aliphatic rings. The molecule has 1 N–H and O–H groups in total. The molecular weight excluding hydrogens is 481 g/mol. The number of hydrogen-bond acceptors (Lipinski definition) is 4. The lowest BCUT2D eigenvalue weighted by molar-refractivity contribution is 0.244. The van der Waals surface area contributed by atoms with E-state index in [9.17, 15) is 18.0 Å². The van der Waals surface area contributed by atoms with Crippen LogP contribution in [0, 0.1) is 17.5 Å². The zero-order valence-electron chi connectivity index (χ0n) is 18.1. The van der Waals surface area contributed by atoms with Crippen molar-refractivity contribution in [2.45, 2.75) is 13.0 Å². The van der Waals surface area contributed by atoms with Gasteiger partial charge >= 0.3 is 6.03 Å². The van der Waals surface area contributed by atoms with Crippen LogP contribution in [-0.4, -0.2) is 16.2 Å². The van der Waals surface area contributed by atoms with Crippen molar-refractivity contribution in [2.24, 2.45) is 0 Å². The summed E-state index contributed by atoms with van der Waals surface area (Å²) in [6.07, 6.45) is 0. The fourth-order valence-electron chi connectivity index (χ4n) is 3.91. The van der Waals surface area contributed by atoms with Crippen molar-refractivity contribution in [3.63, 3.8) is 0 Å². The van der Waals surface area contributed by atoms with E-state index < -0.39 is 29.5 Å². The quantitative estimate of drug-likeness (QED) is 0.349. The molecule has 176 valence electrons. The molecule has 0 saturated carbocycles. The van der Waals surface area contributed by atoms with E-state index in [-0.39, 0.29) is 17.4 Å². The molecule has 0 aliphatic carbocycles. The van der Waals surface area contributed by atoms with Gasteiger partial charge in [0, 0.05) is 22.3 Å². The molecule has 6 nitrogen and oxygen atoms in total. The number of nitrogens with zero attached hydrogens (tertiary/aromatic N) is 3. The maximum absolute atomic E-state index is 14.0. The first-order valence-electron chi connectivity index (χ1n) is 10.4. The van der Waals surface area contributed by atoms with Gasteiger partial charge in [-0.3, -0.25) is 4.90 Å². The zero-order valence-corrected chi connectivity index (χ0v) is 18.9. The van der Waals surface area contributed by atoms with Crippen LogP contribution in [0.3, 0.4) is 0 Å². The minimum atomic E-state index is -1.10. The molecule has 2 heterocycles. The Morgan fingerprint density at radius 1 is 0.971 bits per heavy atom. The molecule has 0 spiro atoms. The molecular formula is C25H16ClF3N4O2. The van der Waals surface area contributed by atoms with E-state index in [2.05, 4.69) is 15.5 Å². The Balaban J connectivity index is 1.65. The van der Waals surface area contributed by atoms with Gasteiger partial charge in [-0.2, -0.15) is 4.98 Å². The third-order valence-electron chi connectivity index (χ3n) is 5.61. The highest BCUT2D eigenvalue weighted by Gasteiger charge is 2.36. The highest BCUT2D eigenvalue weighted by atomic mass is 35.5. The summed E-state index contributed by atoms with van der Waals surface area (Å²) in [5, 5.41) is 7.41. The minimum Gasteiger partial charge on any atom is -0.334 e. The number of hydrogen-bond donors (Lipinski definition) is 1. The summed E-state index contributed by atoms with van der Waals surface area (Å²) >= 11 is 5.96. The van der Waals surface area contributed by atoms with Gasteiger partial charge in [-0.05, 0) is 61.0 Å². The molecule has 4 aromatic rings. The third-order valence-corrected chi connectivity index (χ3v) is 5.86. The molecule has 10 heteroatoms. The van der Waals surface area contributed by atoms with E-state index in [4.69, 9.17) is 16.1 Å². The Kier molecular flexibility index (Phi) is 5.78. The highest BCUT2D eigenvalue weighted by Crippen LogP contribution is 2.39. The maximum Gasteiger partial charge on any atom is 0.327 e. The van der Waals surface area contributed by atoms with Gasteiger partial charge in [0.05, 0.1) is 17.3 Å². The number of allylic oxidation sites excluding steroid dienone is 1. The van der Waals surface area contributed by atoms with Crippen LogP contribution in [0.4, 0.5) is 23.7 Å². The number of benzene rings is 3. The second-order valence-corrected chi connectivity index (χ2v) is 8.23. The number of rotatable bonds is 4. The molecule has 35 heavy (non-hydrogen) atoms. The molecule has 0 fully saturated rings. The van der Waals surface area contributed by atoms with Crippen molar-refractivity contribution in [3.05, 3.63) is 106 Å². The zero-order chi connectivity index (χ0) is 24.7. The van der Waals surface area contributed by atoms with Gasteiger partial charge in [-0.1, -0.05) is 28.9 Å². The van der Waals surface area contributed by atoms with Gasteiger partial charge in [-0.15, -0.1) is 0 Å². The number of nitrogens with one attached hydrogen (secondary N) is 1. The number of carbonyl (C=O) groups is 1. The number of aromatic nitrogens is 2. The van der Waals surface area contributed by atoms with E-state index in [1.54, 1.807) is 31.2 Å². The van der Waals surface area contributed by atoms with Crippen molar-refractivity contribution in [1.82, 2.24) is 15.5 Å². The molecule has 0 radical (unpaired) electrons. The summed E-state index contributed by atoms with van der Waals surface area (Å²) in [6.45, 7) is 1.62. The predicted molar refractivity (Wildman–Crippen MR) is 124 cm³/mol. The van der Waals surface area contributed by atoms with Gasteiger partial charge in [0.2, 0.25) is 5.82 Å². The average molecular weight is 497 g/mol. The normalized spacial score (nSPS) is 16.0. The van der Waals surface area contributed by atoms with Crippen molar-refractivity contribution in [2.75, 3.05) is 4.90 Å². The van der Waals surface area contributed by atoms with E-state index in [0.29, 0.717) is 27.4 Å². The number of urea groups is 1. The van der Waals surface area contributed by atoms with E-state index in [1.165, 1.54) is 35.2 Å². The molecule has 1 atom stereocenters. The van der Waals surface area contributed by atoms with Gasteiger partial charge < -0.3 is 9.84 Å². The summed E-state index contributed by atoms with van der Waals surface area (Å²) in [7, 11) is 0. The summed E-state index contributed by atoms with van der Waals surface area (Å²) in [6, 6.07) is 14.2. The first kappa shape index (κ1) is 22.7. The summed E-state index contributed by atoms with van der Waals surface area (Å²) < 4.78 is 46.6. The number of carbonyl (C=O) groups excluding carboxylic acids is 1. The van der Waals surface area contributed by atoms with E-state index in [1.807, 2.05) is 0 Å². The third kappa shape index (κ3) is 4.26. The van der Waals surface area contributed by atoms with Crippen LogP contribution in [0.2, 0.25) is 5.02 Å². The van der Waals surface area contributed by atoms with Crippen molar-refractivity contribution in [1.29, 1.82) is 0 Å². The molecule has 2 amide bonds. The second kappa shape index (κ2) is 8.92. The Morgan fingerprint density at radius 2 is 1.69 bits per heavy atom. The van der Waals surface area contributed by atoms with Crippen LogP contribution >= 0.6 is 11.6 Å². The fourth-order valence-corrected chi connectivity index (χ4v) is 4.04. The summed E-state index contributed by atoms with van der Waals surface area (Å²) in [5.41, 5.74) is 2.07. The Hall–Kier alpha value is -4.11. The lowest BCUT2D eigenvalue weighted by Gasteiger charge is -2.35. The number of halogens is 4. The Morgan fingerprint density at radius 3 is 2.37 bits per heavy atom. The minimum absolute atomic E-state index is 0.0920. The molecule has 1 aromatic heterocycles. The van der Waals surface area contributed by atoms with Crippen LogP contribution < -0.4 is 10.2 Å². The van der Waals surface area contributed by atoms with Crippen LogP contribution in [0.5, 0.6) is 0 Å². The standard InChI is InChI=1S/C25H16ClF3N4O2/c1-13-21(24-31-23(32-35-24)15-2-6-16(26)7-3-15)22(14-4-8-17(27)9-5-14)30-25(34)33(13)18-10-11-19(28)20(29)12-18/h2-12,22H,1H3,(H,30,34). The van der Waals surface area contributed by atoms with Gasteiger partial charge in [-0.25, -0.2) is 18.0 Å². The molecule has 1 aliphatic heterocycles. The second-order valence-electron chi connectivity index (χ2n) is 7.80. The summed E-state index contributed by atoms with van der Waals surface area (Å²) in [4.78, 5) is 18.8. The van der Waals surface area contributed by atoms with Crippen LogP contribution in [0.25, 0.3) is 17.0 Å². The first-order valence-corrected chi connectivity index (χ1v) is 10.8. The van der Waals surface area contributed by atoms with Crippen LogP contribution in [-0.2, 0) is 0 Å². The lowest BCUT2D eigenvalue weighted by atomic mass is 9.94. The molecule has 1 unspecified atom stereocenters. The number of anilines is 1. The average Bonchev–Trinajstić information content (AvgIpc) is 3.31. The van der Waals surface area contributed by atoms with Crippen molar-refractivity contribution in [3.8, 4) is 11.4 Å². The fraction of sp³-hybridized carbons (Fsp3) is 0.0800. The van der Waals surface area contributed by atoms with Gasteiger partial charge in [0.25, 0.3) is 5.89 Å². The summed E-state index contributed by atoms with van der Waals surface area (Å²) in [5.74, 6) is -2.21. The largest absolute Gasteiger partial charge is 0.334 e. The Labute approximate surface area is 202 Å². The van der Waals surface area contributed by atoms with Crippen molar-refractivity contribution < 1.29 is 22.5 Å². The molecule has 0 saturated heterocycles. The predicted octanol–water partition coefficient (Wildman–Crippen LogP) is 6.51. The number of amides is 2. The maximum atomic E-state index is 14.0. The SMILES string of the molecule is CC1=C(c2nc(-c3ccc(Cl)cc3)no2)C(c2ccc(F)cc2)NC(=O)N1c1ccc(F)c(F)c1. The Bertz CT molecular complexity index is 1450. The molecule has 3 aromatic carbocycles. The van der Waals surface area contributed by atoms with E-state index in [0.717, 1.165) is 12.1 Å². The smallest absolute Gasteiger partial charge is 0.327 e. The highest BCUT2D eigenvalue weighted by molar-refractivity contribution is 6.30.